The number of hydrogen-bond acceptors (Lipinski definition) is 9. The molecule has 1 aromatic heterocycles. The molecule has 4 saturated carbocycles. The van der Waals surface area contributed by atoms with E-state index in [1.54, 1.807) is 19.2 Å². The molecule has 43 heavy (non-hydrogen) atoms. The topological polar surface area (TPSA) is 208 Å². The summed E-state index contributed by atoms with van der Waals surface area (Å²) >= 11 is 0. The lowest BCUT2D eigenvalue weighted by atomic mass is 9.48. The fraction of sp³-hybridized carbons (Fsp3) is 0.645. The summed E-state index contributed by atoms with van der Waals surface area (Å²) in [4.78, 5) is 31.8. The van der Waals surface area contributed by atoms with Crippen LogP contribution in [0.25, 0.3) is 0 Å². The van der Waals surface area contributed by atoms with Crippen molar-refractivity contribution in [2.24, 2.45) is 23.2 Å². The maximum atomic E-state index is 12.9. The smallest absolute Gasteiger partial charge is 0.335 e. The van der Waals surface area contributed by atoms with Crippen molar-refractivity contribution >= 4 is 17.6 Å². The Morgan fingerprint density at radius 3 is 2.19 bits per heavy atom. The van der Waals surface area contributed by atoms with Crippen molar-refractivity contribution in [1.29, 1.82) is 0 Å². The van der Waals surface area contributed by atoms with E-state index < -0.39 is 37.0 Å². The summed E-state index contributed by atoms with van der Waals surface area (Å²) in [6.45, 7) is 1.30. The molecule has 4 aliphatic carbocycles. The highest BCUT2D eigenvalue weighted by Gasteiger charge is 2.50. The van der Waals surface area contributed by atoms with Crippen molar-refractivity contribution in [2.75, 3.05) is 25.5 Å². The standard InChI is InChI=1S/C24H29N3O3.C7H17NO5/c1-14-25-20(5-6-24-11-15-7-16(12-24)9-17(8-15)13-24)21(26-14)22(28)27-19-4-2-3-18(10-19)23(29)30;1-8-2-4(10)6(12)7(13)5(11)3-9/h2-4,10,15-17H,5-9,11-13H2,1H3,(H,25,26)(H,27,28)(H,29,30);4-13H,2-3H2,1H3/t;4-,5+,6+,7+/m.0/s1. The SMILES string of the molecule is CNC[C@H](O)[C@@H](O)[C@H](O)[C@H](O)CO.Cc1nc(C(=O)Nc2cccc(C(=O)O)c2)c(CCC23CC4CC(CC(C4)C2)C3)[nH]1. The molecule has 0 aliphatic heterocycles. The molecule has 1 amide bonds. The average Bonchev–Trinajstić information content (AvgIpc) is 3.35. The number of aromatic nitrogens is 2. The molecule has 12 nitrogen and oxygen atoms in total. The van der Waals surface area contributed by atoms with Gasteiger partial charge in [-0.3, -0.25) is 4.79 Å². The number of likely N-dealkylation sites (N-methyl/N-ethyl adjacent to an activating group) is 1. The van der Waals surface area contributed by atoms with Crippen molar-refractivity contribution < 1.29 is 40.2 Å². The Balaban J connectivity index is 0.000000277. The van der Waals surface area contributed by atoms with Crippen LogP contribution in [0.4, 0.5) is 5.69 Å². The number of H-pyrrole nitrogens is 1. The zero-order valence-electron chi connectivity index (χ0n) is 24.9. The Bertz CT molecular complexity index is 1210. The third-order valence-corrected chi connectivity index (χ3v) is 9.29. The van der Waals surface area contributed by atoms with E-state index in [-0.39, 0.29) is 18.0 Å². The molecule has 2 aromatic rings. The van der Waals surface area contributed by atoms with Gasteiger partial charge in [0, 0.05) is 17.9 Å². The van der Waals surface area contributed by atoms with E-state index in [4.69, 9.17) is 25.5 Å². The number of aryl methyl sites for hydroxylation is 2. The lowest BCUT2D eigenvalue weighted by molar-refractivity contribution is -0.113. The molecule has 0 unspecified atom stereocenters. The summed E-state index contributed by atoms with van der Waals surface area (Å²) in [6, 6.07) is 6.30. The molecule has 4 bridgehead atoms. The number of anilines is 1. The minimum atomic E-state index is -1.55. The van der Waals surface area contributed by atoms with Crippen LogP contribution < -0.4 is 10.6 Å². The highest BCUT2D eigenvalue weighted by molar-refractivity contribution is 6.04. The number of imidazole rings is 1. The molecule has 9 N–H and O–H groups in total. The predicted molar refractivity (Wildman–Crippen MR) is 159 cm³/mol. The van der Waals surface area contributed by atoms with Gasteiger partial charge in [-0.2, -0.15) is 0 Å². The maximum absolute atomic E-state index is 12.9. The molecule has 0 radical (unpaired) electrons. The van der Waals surface area contributed by atoms with E-state index in [9.17, 15) is 14.7 Å². The number of nitrogens with one attached hydrogen (secondary N) is 3. The Morgan fingerprint density at radius 1 is 1.02 bits per heavy atom. The number of carbonyl (C=O) groups excluding carboxylic acids is 1. The van der Waals surface area contributed by atoms with Crippen LogP contribution in [0.3, 0.4) is 0 Å². The van der Waals surface area contributed by atoms with Gasteiger partial charge < -0.3 is 46.3 Å². The number of nitrogens with zero attached hydrogens (tertiary/aromatic N) is 1. The molecule has 12 heteroatoms. The Kier molecular flexibility index (Phi) is 11.0. The summed E-state index contributed by atoms with van der Waals surface area (Å²) in [7, 11) is 1.57. The Labute approximate surface area is 251 Å². The van der Waals surface area contributed by atoms with Crippen LogP contribution in [0.15, 0.2) is 24.3 Å². The second-order valence-electron chi connectivity index (χ2n) is 12.8. The number of aromatic amines is 1. The van der Waals surface area contributed by atoms with Gasteiger partial charge in [-0.15, -0.1) is 0 Å². The molecule has 4 atom stereocenters. The van der Waals surface area contributed by atoms with E-state index in [0.29, 0.717) is 16.8 Å². The summed E-state index contributed by atoms with van der Waals surface area (Å²) in [5.41, 5.74) is 2.39. The monoisotopic (exact) mass is 602 g/mol. The van der Waals surface area contributed by atoms with Crippen LogP contribution in [0.1, 0.15) is 77.3 Å². The number of carbonyl (C=O) groups is 2. The number of amides is 1. The molecule has 1 aromatic carbocycles. The molecule has 238 valence electrons. The number of hydrogen-bond donors (Lipinski definition) is 9. The number of aliphatic hydroxyl groups excluding tert-OH is 5. The first-order valence-electron chi connectivity index (χ1n) is 15.1. The predicted octanol–water partition coefficient (Wildman–Crippen LogP) is 1.46. The molecule has 0 spiro atoms. The zero-order valence-corrected chi connectivity index (χ0v) is 24.9. The number of carboxylic acid groups (broad SMARTS) is 1. The first-order chi connectivity index (χ1) is 20.4. The summed E-state index contributed by atoms with van der Waals surface area (Å²) < 4.78 is 0. The largest absolute Gasteiger partial charge is 0.478 e. The van der Waals surface area contributed by atoms with Crippen LogP contribution >= 0.6 is 0 Å². The molecule has 6 rings (SSSR count). The fourth-order valence-corrected chi connectivity index (χ4v) is 7.71. The van der Waals surface area contributed by atoms with Gasteiger partial charge in [0.2, 0.25) is 0 Å². The quantitative estimate of drug-likeness (QED) is 0.171. The fourth-order valence-electron chi connectivity index (χ4n) is 7.71. The zero-order chi connectivity index (χ0) is 31.3. The number of carboxylic acids is 1. The first kappa shape index (κ1) is 33.0. The number of aromatic carboxylic acids is 1. The highest BCUT2D eigenvalue weighted by atomic mass is 16.4. The van der Waals surface area contributed by atoms with Crippen LogP contribution in [0.2, 0.25) is 0 Å². The summed E-state index contributed by atoms with van der Waals surface area (Å²) in [5, 5.41) is 59.5. The average molecular weight is 603 g/mol. The van der Waals surface area contributed by atoms with Gasteiger partial charge in [-0.1, -0.05) is 6.07 Å². The van der Waals surface area contributed by atoms with Crippen LogP contribution in [0.5, 0.6) is 0 Å². The van der Waals surface area contributed by atoms with Crippen LogP contribution in [-0.2, 0) is 6.42 Å². The second kappa shape index (κ2) is 14.3. The number of aliphatic hydroxyl groups is 5. The summed E-state index contributed by atoms with van der Waals surface area (Å²) in [5.74, 6) is 2.19. The summed E-state index contributed by atoms with van der Waals surface area (Å²) in [6.07, 6.45) is 4.69. The molecule has 4 fully saturated rings. The third-order valence-electron chi connectivity index (χ3n) is 9.29. The molecule has 0 saturated heterocycles. The van der Waals surface area contributed by atoms with Gasteiger partial charge in [-0.05, 0) is 107 Å². The van der Waals surface area contributed by atoms with Gasteiger partial charge in [0.05, 0.1) is 18.3 Å². The first-order valence-corrected chi connectivity index (χ1v) is 15.1. The molecular weight excluding hydrogens is 556 g/mol. The van der Waals surface area contributed by atoms with E-state index in [1.165, 1.54) is 50.7 Å². The van der Waals surface area contributed by atoms with Gasteiger partial charge in [0.15, 0.2) is 0 Å². The van der Waals surface area contributed by atoms with Gasteiger partial charge in [0.1, 0.15) is 29.8 Å². The van der Waals surface area contributed by atoms with E-state index >= 15 is 0 Å². The van der Waals surface area contributed by atoms with Crippen molar-refractivity contribution in [3.63, 3.8) is 0 Å². The normalized spacial score (nSPS) is 26.6. The Hall–Kier alpha value is -2.87. The van der Waals surface area contributed by atoms with E-state index in [2.05, 4.69) is 20.6 Å². The highest BCUT2D eigenvalue weighted by Crippen LogP contribution is 2.61. The van der Waals surface area contributed by atoms with E-state index in [0.717, 1.165) is 42.1 Å². The third kappa shape index (κ3) is 8.20. The Morgan fingerprint density at radius 2 is 1.63 bits per heavy atom. The van der Waals surface area contributed by atoms with E-state index in [1.807, 2.05) is 6.92 Å². The minimum absolute atomic E-state index is 0.0936. The lowest BCUT2D eigenvalue weighted by Crippen LogP contribution is -2.48. The van der Waals surface area contributed by atoms with Crippen molar-refractivity contribution in [3.8, 4) is 0 Å². The van der Waals surface area contributed by atoms with Crippen LogP contribution in [-0.4, -0.2) is 97.1 Å². The molecule has 4 aliphatic rings. The van der Waals surface area contributed by atoms with Crippen molar-refractivity contribution in [3.05, 3.63) is 47.0 Å². The number of rotatable bonds is 12. The van der Waals surface area contributed by atoms with Crippen molar-refractivity contribution in [2.45, 2.75) is 82.7 Å². The second-order valence-corrected chi connectivity index (χ2v) is 12.8. The lowest BCUT2D eigenvalue weighted by Gasteiger charge is -2.57. The van der Waals surface area contributed by atoms with Crippen LogP contribution in [0, 0.1) is 30.1 Å². The molecule has 1 heterocycles. The van der Waals surface area contributed by atoms with Crippen molar-refractivity contribution in [1.82, 2.24) is 15.3 Å². The van der Waals surface area contributed by atoms with Gasteiger partial charge in [-0.25, -0.2) is 9.78 Å². The molecular formula is C31H46N4O8. The minimum Gasteiger partial charge on any atom is -0.478 e. The number of benzene rings is 1. The maximum Gasteiger partial charge on any atom is 0.335 e. The van der Waals surface area contributed by atoms with Gasteiger partial charge in [0.25, 0.3) is 5.91 Å². The van der Waals surface area contributed by atoms with Gasteiger partial charge >= 0.3 is 5.97 Å².